The summed E-state index contributed by atoms with van der Waals surface area (Å²) < 4.78 is 0. The molecule has 0 heterocycles. The Kier molecular flexibility index (Phi) is 3.82. The van der Waals surface area contributed by atoms with E-state index in [1.807, 2.05) is 0 Å². The molecule has 0 bridgehead atoms. The van der Waals surface area contributed by atoms with Gasteiger partial charge in [-0.25, -0.2) is 0 Å². The van der Waals surface area contributed by atoms with Crippen LogP contribution in [-0.2, 0) is 4.79 Å². The fraction of sp³-hybridized carbons (Fsp3) is 0.625. The molecule has 0 saturated heterocycles. The third kappa shape index (κ3) is 3.78. The van der Waals surface area contributed by atoms with Gasteiger partial charge in [-0.05, 0) is 26.2 Å². The molecule has 0 aliphatic heterocycles. The highest BCUT2D eigenvalue weighted by atomic mass is 16.1. The lowest BCUT2D eigenvalue weighted by Gasteiger charge is -2.19. The molecule has 0 radical (unpaired) electrons. The second kappa shape index (κ2) is 4.13. The van der Waals surface area contributed by atoms with E-state index in [-0.39, 0.29) is 0 Å². The molecular weight excluding hydrogens is 140 g/mol. The fourth-order valence-corrected chi connectivity index (χ4v) is 0.737. The van der Waals surface area contributed by atoms with Gasteiger partial charge in [0.15, 0.2) is 0 Å². The van der Waals surface area contributed by atoms with Crippen LogP contribution in [-0.4, -0.2) is 11.4 Å². The summed E-state index contributed by atoms with van der Waals surface area (Å²) in [5.41, 5.74) is 9.80. The van der Waals surface area contributed by atoms with E-state index < -0.39 is 11.4 Å². The summed E-state index contributed by atoms with van der Waals surface area (Å²) in [6.45, 7) is 5.22. The molecule has 0 aliphatic carbocycles. The zero-order chi connectivity index (χ0) is 8.91. The summed E-state index contributed by atoms with van der Waals surface area (Å²) in [5, 5.41) is 0. The normalized spacial score (nSPS) is 15.5. The van der Waals surface area contributed by atoms with Gasteiger partial charge in [-0.15, -0.1) is 6.58 Å². The smallest absolute Gasteiger partial charge is 0.237 e. The summed E-state index contributed by atoms with van der Waals surface area (Å²) >= 11 is 0. The second-order valence-electron chi connectivity index (χ2n) is 2.96. The minimum absolute atomic E-state index is 0.443. The number of amides is 1. The molecule has 0 spiro atoms. The van der Waals surface area contributed by atoms with Crippen LogP contribution in [0.5, 0.6) is 0 Å². The Balaban J connectivity index is 3.72. The maximum atomic E-state index is 10.7. The van der Waals surface area contributed by atoms with Gasteiger partial charge in [-0.3, -0.25) is 4.79 Å². The summed E-state index contributed by atoms with van der Waals surface area (Å²) in [4.78, 5) is 10.7. The van der Waals surface area contributed by atoms with Crippen molar-refractivity contribution in [2.45, 2.75) is 31.7 Å². The van der Waals surface area contributed by atoms with Gasteiger partial charge in [0.25, 0.3) is 0 Å². The molecule has 0 aromatic heterocycles. The molecule has 0 fully saturated rings. The molecule has 11 heavy (non-hydrogen) atoms. The Morgan fingerprint density at radius 1 is 1.73 bits per heavy atom. The predicted octanol–water partition coefficient (Wildman–Crippen LogP) is 0.545. The lowest BCUT2D eigenvalue weighted by Crippen LogP contribution is -2.49. The molecule has 0 aliphatic rings. The minimum atomic E-state index is -0.858. The summed E-state index contributed by atoms with van der Waals surface area (Å²) in [6.07, 6.45) is 4.16. The molecular formula is C8H16N2O. The summed E-state index contributed by atoms with van der Waals surface area (Å²) in [7, 11) is 0. The fourth-order valence-electron chi connectivity index (χ4n) is 0.737. The summed E-state index contributed by atoms with van der Waals surface area (Å²) in [6, 6.07) is 0. The molecule has 3 heteroatoms. The highest BCUT2D eigenvalue weighted by molar-refractivity contribution is 5.83. The van der Waals surface area contributed by atoms with Gasteiger partial charge < -0.3 is 11.5 Å². The maximum Gasteiger partial charge on any atom is 0.237 e. The molecule has 4 N–H and O–H groups in total. The van der Waals surface area contributed by atoms with Gasteiger partial charge >= 0.3 is 0 Å². The van der Waals surface area contributed by atoms with Crippen molar-refractivity contribution in [2.24, 2.45) is 11.5 Å². The third-order valence-corrected chi connectivity index (χ3v) is 1.67. The minimum Gasteiger partial charge on any atom is -0.368 e. The van der Waals surface area contributed by atoms with Crippen LogP contribution in [0, 0.1) is 0 Å². The number of carbonyl (C=O) groups is 1. The van der Waals surface area contributed by atoms with Gasteiger partial charge in [0.2, 0.25) is 5.91 Å². The van der Waals surface area contributed by atoms with Crippen molar-refractivity contribution >= 4 is 5.91 Å². The van der Waals surface area contributed by atoms with Gasteiger partial charge in [0, 0.05) is 0 Å². The van der Waals surface area contributed by atoms with E-state index in [0.29, 0.717) is 6.42 Å². The van der Waals surface area contributed by atoms with E-state index in [0.717, 1.165) is 12.8 Å². The molecule has 0 rings (SSSR count). The van der Waals surface area contributed by atoms with Gasteiger partial charge in [-0.1, -0.05) is 6.08 Å². The second-order valence-corrected chi connectivity index (χ2v) is 2.96. The van der Waals surface area contributed by atoms with E-state index >= 15 is 0 Å². The molecule has 0 saturated carbocycles. The van der Waals surface area contributed by atoms with Crippen molar-refractivity contribution in [3.8, 4) is 0 Å². The lowest BCUT2D eigenvalue weighted by molar-refractivity contribution is -0.122. The Morgan fingerprint density at radius 3 is 2.64 bits per heavy atom. The van der Waals surface area contributed by atoms with Crippen molar-refractivity contribution in [1.82, 2.24) is 0 Å². The maximum absolute atomic E-state index is 10.7. The first-order valence-corrected chi connectivity index (χ1v) is 3.70. The van der Waals surface area contributed by atoms with Crippen LogP contribution in [0.1, 0.15) is 26.2 Å². The average Bonchev–Trinajstić information content (AvgIpc) is 1.88. The van der Waals surface area contributed by atoms with Crippen molar-refractivity contribution in [3.63, 3.8) is 0 Å². The zero-order valence-corrected chi connectivity index (χ0v) is 6.97. The van der Waals surface area contributed by atoms with Crippen LogP contribution < -0.4 is 11.5 Å². The van der Waals surface area contributed by atoms with Crippen molar-refractivity contribution < 1.29 is 4.79 Å². The first-order chi connectivity index (χ1) is 5.00. The number of primary amides is 1. The number of allylic oxidation sites excluding steroid dienone is 1. The van der Waals surface area contributed by atoms with Gasteiger partial charge in [0.1, 0.15) is 0 Å². The van der Waals surface area contributed by atoms with Crippen LogP contribution in [0.25, 0.3) is 0 Å². The molecule has 0 aromatic rings. The van der Waals surface area contributed by atoms with Crippen LogP contribution in [0.2, 0.25) is 0 Å². The van der Waals surface area contributed by atoms with Crippen LogP contribution in [0.4, 0.5) is 0 Å². The molecule has 1 atom stereocenters. The SMILES string of the molecule is C=CCCC[C@@](C)(N)C(N)=O. The number of rotatable bonds is 5. The average molecular weight is 156 g/mol. The summed E-state index contributed by atoms with van der Waals surface area (Å²) in [5.74, 6) is -0.443. The van der Waals surface area contributed by atoms with Gasteiger partial charge in [0.05, 0.1) is 5.54 Å². The highest BCUT2D eigenvalue weighted by Crippen LogP contribution is 2.09. The molecule has 3 nitrogen and oxygen atoms in total. The van der Waals surface area contributed by atoms with Crippen molar-refractivity contribution in [2.75, 3.05) is 0 Å². The van der Waals surface area contributed by atoms with E-state index in [1.165, 1.54) is 0 Å². The van der Waals surface area contributed by atoms with Crippen molar-refractivity contribution in [1.29, 1.82) is 0 Å². The zero-order valence-electron chi connectivity index (χ0n) is 6.97. The lowest BCUT2D eigenvalue weighted by atomic mass is 9.95. The Bertz CT molecular complexity index is 152. The number of hydrogen-bond donors (Lipinski definition) is 2. The number of unbranched alkanes of at least 4 members (excludes halogenated alkanes) is 1. The van der Waals surface area contributed by atoms with Crippen molar-refractivity contribution in [3.05, 3.63) is 12.7 Å². The monoisotopic (exact) mass is 156 g/mol. The highest BCUT2D eigenvalue weighted by Gasteiger charge is 2.24. The quantitative estimate of drug-likeness (QED) is 0.450. The first-order valence-electron chi connectivity index (χ1n) is 3.70. The Hall–Kier alpha value is -0.830. The van der Waals surface area contributed by atoms with Crippen LogP contribution in [0.15, 0.2) is 12.7 Å². The number of hydrogen-bond acceptors (Lipinski definition) is 2. The van der Waals surface area contributed by atoms with Crippen LogP contribution >= 0.6 is 0 Å². The largest absolute Gasteiger partial charge is 0.368 e. The Morgan fingerprint density at radius 2 is 2.27 bits per heavy atom. The number of carbonyl (C=O) groups excluding carboxylic acids is 1. The predicted molar refractivity (Wildman–Crippen MR) is 45.8 cm³/mol. The molecule has 1 amide bonds. The topological polar surface area (TPSA) is 69.1 Å². The van der Waals surface area contributed by atoms with E-state index in [1.54, 1.807) is 13.0 Å². The van der Waals surface area contributed by atoms with E-state index in [4.69, 9.17) is 11.5 Å². The van der Waals surface area contributed by atoms with E-state index in [2.05, 4.69) is 6.58 Å². The third-order valence-electron chi connectivity index (χ3n) is 1.67. The van der Waals surface area contributed by atoms with Gasteiger partial charge in [-0.2, -0.15) is 0 Å². The molecule has 64 valence electrons. The van der Waals surface area contributed by atoms with Crippen LogP contribution in [0.3, 0.4) is 0 Å². The molecule has 0 aromatic carbocycles. The first kappa shape index (κ1) is 10.2. The Labute approximate surface area is 67.4 Å². The molecule has 0 unspecified atom stereocenters. The van der Waals surface area contributed by atoms with E-state index in [9.17, 15) is 4.79 Å². The number of nitrogens with two attached hydrogens (primary N) is 2. The standard InChI is InChI=1S/C8H16N2O/c1-3-4-5-6-8(2,10)7(9)11/h3H,1,4-6,10H2,2H3,(H2,9,11)/t8-/m1/s1.